The van der Waals surface area contributed by atoms with Crippen LogP contribution in [-0.4, -0.2) is 41.8 Å². The van der Waals surface area contributed by atoms with Crippen molar-refractivity contribution in [1.29, 1.82) is 0 Å². The molecule has 0 aromatic carbocycles. The van der Waals surface area contributed by atoms with E-state index in [4.69, 9.17) is 20.3 Å². The van der Waals surface area contributed by atoms with Crippen molar-refractivity contribution in [1.82, 2.24) is 19.5 Å². The summed E-state index contributed by atoms with van der Waals surface area (Å²) in [4.78, 5) is 39.8. The molecule has 1 aliphatic rings. The van der Waals surface area contributed by atoms with Gasteiger partial charge in [-0.05, 0) is 18.9 Å². The highest BCUT2D eigenvalue weighted by molar-refractivity contribution is 7.51. The van der Waals surface area contributed by atoms with Crippen molar-refractivity contribution in [3.8, 4) is 0 Å². The summed E-state index contributed by atoms with van der Waals surface area (Å²) in [5.74, 6) is -0.00727. The monoisotopic (exact) mass is 327 g/mol. The topological polar surface area (TPSA) is 156 Å². The molecule has 11 heteroatoms. The van der Waals surface area contributed by atoms with E-state index in [-0.39, 0.29) is 11.5 Å². The summed E-state index contributed by atoms with van der Waals surface area (Å²) in [6.45, 7) is 0. The molecule has 0 saturated heterocycles. The van der Waals surface area contributed by atoms with Gasteiger partial charge < -0.3 is 20.3 Å². The van der Waals surface area contributed by atoms with Gasteiger partial charge in [-0.15, -0.1) is 0 Å². The summed E-state index contributed by atoms with van der Waals surface area (Å²) >= 11 is 0. The lowest BCUT2D eigenvalue weighted by molar-refractivity contribution is 0.108. The first kappa shape index (κ1) is 14.9. The van der Waals surface area contributed by atoms with E-state index in [1.165, 1.54) is 6.33 Å². The molecular formula is C11H14N5O5P. The quantitative estimate of drug-likeness (QED) is 0.565. The van der Waals surface area contributed by atoms with Crippen LogP contribution >= 0.6 is 7.60 Å². The standard InChI is InChI=1S/C11H14N5O5P/c12-11-14-9-8(10(17)15-11)13-4-16(9)6-1-2-7(3-6)21-5-22(18,19)20/h3-4,7H,1-2,5H2,(H2,18,19,20)(H3,12,14,15,17)/t7-/m0/s1. The molecule has 0 amide bonds. The van der Waals surface area contributed by atoms with E-state index in [0.29, 0.717) is 18.5 Å². The van der Waals surface area contributed by atoms with E-state index in [2.05, 4.69) is 15.0 Å². The highest BCUT2D eigenvalue weighted by Gasteiger charge is 2.23. The molecule has 10 nitrogen and oxygen atoms in total. The number of nitrogens with zero attached hydrogens (tertiary/aromatic N) is 3. The Morgan fingerprint density at radius 1 is 1.55 bits per heavy atom. The number of imidazole rings is 1. The van der Waals surface area contributed by atoms with Crippen molar-refractivity contribution >= 4 is 30.4 Å². The van der Waals surface area contributed by atoms with E-state index < -0.39 is 25.6 Å². The number of ether oxygens (including phenoxy) is 1. The van der Waals surface area contributed by atoms with Gasteiger partial charge in [0.05, 0.1) is 6.10 Å². The van der Waals surface area contributed by atoms with Crippen molar-refractivity contribution in [2.75, 3.05) is 12.1 Å². The number of aromatic nitrogens is 4. The average Bonchev–Trinajstić information content (AvgIpc) is 3.01. The van der Waals surface area contributed by atoms with E-state index in [1.807, 2.05) is 0 Å². The third-order valence-corrected chi connectivity index (χ3v) is 3.74. The summed E-state index contributed by atoms with van der Waals surface area (Å²) in [5, 5.41) is 0. The first-order valence-electron chi connectivity index (χ1n) is 6.43. The minimum atomic E-state index is -4.20. The summed E-state index contributed by atoms with van der Waals surface area (Å²) in [6.07, 6.45) is 3.34. The van der Waals surface area contributed by atoms with Crippen LogP contribution in [0.25, 0.3) is 16.9 Å². The number of hydrogen-bond donors (Lipinski definition) is 4. The van der Waals surface area contributed by atoms with Crippen molar-refractivity contribution < 1.29 is 19.1 Å². The normalized spacial score (nSPS) is 18.8. The van der Waals surface area contributed by atoms with Crippen LogP contribution in [0.4, 0.5) is 5.95 Å². The molecule has 3 rings (SSSR count). The minimum Gasteiger partial charge on any atom is -0.369 e. The predicted octanol–water partition coefficient (Wildman–Crippen LogP) is -0.143. The Bertz CT molecular complexity index is 850. The fraction of sp³-hybridized carbons (Fsp3) is 0.364. The van der Waals surface area contributed by atoms with E-state index in [1.54, 1.807) is 10.6 Å². The Labute approximate surface area is 123 Å². The van der Waals surface area contributed by atoms with E-state index >= 15 is 0 Å². The van der Waals surface area contributed by atoms with E-state index in [9.17, 15) is 9.36 Å². The van der Waals surface area contributed by atoms with Gasteiger partial charge >= 0.3 is 7.60 Å². The van der Waals surface area contributed by atoms with Gasteiger partial charge in [0, 0.05) is 5.70 Å². The molecule has 0 fully saturated rings. The zero-order chi connectivity index (χ0) is 15.9. The largest absolute Gasteiger partial charge is 0.369 e. The van der Waals surface area contributed by atoms with Crippen LogP contribution in [0.2, 0.25) is 0 Å². The number of rotatable bonds is 4. The fourth-order valence-corrected chi connectivity index (χ4v) is 2.72. The number of allylic oxidation sites excluding steroid dienone is 1. The van der Waals surface area contributed by atoms with Crippen LogP contribution in [0, 0.1) is 0 Å². The van der Waals surface area contributed by atoms with Crippen molar-refractivity contribution in [2.45, 2.75) is 18.9 Å². The van der Waals surface area contributed by atoms with Crippen LogP contribution in [0.1, 0.15) is 12.8 Å². The summed E-state index contributed by atoms with van der Waals surface area (Å²) in [7, 11) is -4.20. The molecule has 2 aromatic rings. The van der Waals surface area contributed by atoms with Gasteiger partial charge in [0.15, 0.2) is 11.2 Å². The molecule has 2 heterocycles. The second-order valence-electron chi connectivity index (χ2n) is 4.93. The van der Waals surface area contributed by atoms with Crippen molar-refractivity contribution in [2.24, 2.45) is 0 Å². The molecule has 5 N–H and O–H groups in total. The lowest BCUT2D eigenvalue weighted by atomic mass is 10.3. The van der Waals surface area contributed by atoms with Crippen molar-refractivity contribution in [3.63, 3.8) is 0 Å². The fourth-order valence-electron chi connectivity index (χ4n) is 2.33. The Morgan fingerprint density at radius 3 is 3.05 bits per heavy atom. The minimum absolute atomic E-state index is 0.00727. The molecule has 1 aliphatic carbocycles. The van der Waals surface area contributed by atoms with Crippen LogP contribution in [0.15, 0.2) is 17.2 Å². The lowest BCUT2D eigenvalue weighted by Crippen LogP contribution is -2.12. The van der Waals surface area contributed by atoms with Gasteiger partial charge in [-0.25, -0.2) is 4.98 Å². The molecule has 1 atom stereocenters. The number of H-pyrrole nitrogens is 1. The third-order valence-electron chi connectivity index (χ3n) is 3.25. The smallest absolute Gasteiger partial charge is 0.351 e. The molecule has 0 spiro atoms. The van der Waals surface area contributed by atoms with Gasteiger partial charge in [0.1, 0.15) is 12.7 Å². The second-order valence-corrected chi connectivity index (χ2v) is 6.52. The number of nitrogens with two attached hydrogens (primary N) is 1. The molecular weight excluding hydrogens is 313 g/mol. The maximum Gasteiger partial charge on any atom is 0.351 e. The molecule has 22 heavy (non-hydrogen) atoms. The number of fused-ring (bicyclic) bond motifs is 1. The summed E-state index contributed by atoms with van der Waals surface area (Å²) < 4.78 is 17.6. The molecule has 0 unspecified atom stereocenters. The average molecular weight is 327 g/mol. The summed E-state index contributed by atoms with van der Waals surface area (Å²) in [6, 6.07) is 0. The van der Waals surface area contributed by atoms with E-state index in [0.717, 1.165) is 5.70 Å². The Morgan fingerprint density at radius 2 is 2.32 bits per heavy atom. The highest BCUT2D eigenvalue weighted by atomic mass is 31.2. The van der Waals surface area contributed by atoms with Crippen LogP contribution in [-0.2, 0) is 9.30 Å². The molecule has 0 aliphatic heterocycles. The zero-order valence-corrected chi connectivity index (χ0v) is 12.2. The highest BCUT2D eigenvalue weighted by Crippen LogP contribution is 2.36. The van der Waals surface area contributed by atoms with Crippen molar-refractivity contribution in [3.05, 3.63) is 22.8 Å². The van der Waals surface area contributed by atoms with Crippen LogP contribution in [0.3, 0.4) is 0 Å². The number of nitrogens with one attached hydrogen (secondary N) is 1. The predicted molar refractivity (Wildman–Crippen MR) is 77.9 cm³/mol. The second kappa shape index (κ2) is 5.33. The number of aromatic amines is 1. The van der Waals surface area contributed by atoms with Gasteiger partial charge in [0.25, 0.3) is 5.56 Å². The molecule has 0 radical (unpaired) electrons. The van der Waals surface area contributed by atoms with Gasteiger partial charge in [-0.1, -0.05) is 0 Å². The summed E-state index contributed by atoms with van der Waals surface area (Å²) in [5.41, 5.74) is 6.41. The number of nitrogen functional groups attached to an aromatic ring is 1. The Balaban J connectivity index is 1.89. The third kappa shape index (κ3) is 2.95. The Hall–Kier alpha value is -2.00. The van der Waals surface area contributed by atoms with Crippen LogP contribution < -0.4 is 11.3 Å². The lowest BCUT2D eigenvalue weighted by Gasteiger charge is -2.09. The maximum atomic E-state index is 11.7. The SMILES string of the molecule is Nc1nc2c(ncn2C2=C[C@@H](OCP(=O)(O)O)CC2)c(=O)[nH]1. The number of hydrogen-bond acceptors (Lipinski definition) is 6. The molecule has 118 valence electrons. The van der Waals surface area contributed by atoms with Crippen LogP contribution in [0.5, 0.6) is 0 Å². The van der Waals surface area contributed by atoms with Gasteiger partial charge in [0.2, 0.25) is 5.95 Å². The van der Waals surface area contributed by atoms with Gasteiger partial charge in [-0.2, -0.15) is 4.98 Å². The molecule has 2 aromatic heterocycles. The number of anilines is 1. The molecule has 0 saturated carbocycles. The maximum absolute atomic E-state index is 11.7. The zero-order valence-electron chi connectivity index (χ0n) is 11.3. The first-order chi connectivity index (χ1) is 10.3. The Kier molecular flexibility index (Phi) is 3.61. The van der Waals surface area contributed by atoms with Gasteiger partial charge in [-0.3, -0.25) is 18.9 Å². The molecule has 0 bridgehead atoms. The first-order valence-corrected chi connectivity index (χ1v) is 8.23.